The lowest BCUT2D eigenvalue weighted by atomic mass is 9.98. The van der Waals surface area contributed by atoms with E-state index in [1.165, 1.54) is 24.5 Å². The van der Waals surface area contributed by atoms with Crippen molar-refractivity contribution in [2.75, 3.05) is 37.3 Å². The molecule has 0 N–H and O–H groups in total. The maximum atomic E-state index is 13.4. The first kappa shape index (κ1) is 27.0. The number of nitrogens with zero attached hydrogens (tertiary/aromatic N) is 2. The third-order valence-electron chi connectivity index (χ3n) is 5.36. The Kier molecular flexibility index (Phi) is 8.56. The Bertz CT molecular complexity index is 1150. The van der Waals surface area contributed by atoms with Crippen molar-refractivity contribution in [1.29, 1.82) is 0 Å². The van der Waals surface area contributed by atoms with Crippen molar-refractivity contribution in [2.24, 2.45) is 0 Å². The van der Waals surface area contributed by atoms with Crippen LogP contribution in [0.4, 0.5) is 18.9 Å². The molecule has 0 radical (unpaired) electrons. The Morgan fingerprint density at radius 2 is 1.62 bits per heavy atom. The number of alkyl halides is 3. The van der Waals surface area contributed by atoms with Gasteiger partial charge in [0.05, 0.1) is 5.56 Å². The quantitative estimate of drug-likeness (QED) is 0.293. The Labute approximate surface area is 199 Å². The molecule has 0 saturated carbocycles. The molecule has 1 unspecified atom stereocenters. The highest BCUT2D eigenvalue weighted by atomic mass is 32.2. The molecule has 34 heavy (non-hydrogen) atoms. The second kappa shape index (κ2) is 10.8. The Morgan fingerprint density at radius 1 is 1.06 bits per heavy atom. The summed E-state index contributed by atoms with van der Waals surface area (Å²) in [6.45, 7) is 16.9. The number of amides is 1. The number of rotatable bonds is 8. The predicted octanol–water partition coefficient (Wildman–Crippen LogP) is 4.99. The van der Waals surface area contributed by atoms with Crippen molar-refractivity contribution in [3.05, 3.63) is 102 Å². The van der Waals surface area contributed by atoms with Crippen LogP contribution in [0.2, 0.25) is 0 Å². The summed E-state index contributed by atoms with van der Waals surface area (Å²) in [6.07, 6.45) is 3.38. The number of hydrogen-bond donors (Lipinski definition) is 0. The van der Waals surface area contributed by atoms with Gasteiger partial charge in [-0.3, -0.25) is 9.00 Å². The van der Waals surface area contributed by atoms with E-state index in [1.54, 1.807) is 23.1 Å². The molecule has 0 bridgehead atoms. The van der Waals surface area contributed by atoms with Gasteiger partial charge < -0.3 is 9.80 Å². The summed E-state index contributed by atoms with van der Waals surface area (Å²) in [6, 6.07) is 4.96. The van der Waals surface area contributed by atoms with Gasteiger partial charge in [-0.25, -0.2) is 0 Å². The molecule has 1 aliphatic heterocycles. The molecule has 0 aromatic heterocycles. The van der Waals surface area contributed by atoms with Crippen LogP contribution in [0.5, 0.6) is 0 Å². The first-order chi connectivity index (χ1) is 15.8. The van der Waals surface area contributed by atoms with Crippen LogP contribution in [0.3, 0.4) is 0 Å². The average molecular weight is 491 g/mol. The average Bonchev–Trinajstić information content (AvgIpc) is 2.79. The summed E-state index contributed by atoms with van der Waals surface area (Å²) in [7, 11) is -2.63. The van der Waals surface area contributed by atoms with E-state index in [4.69, 9.17) is 0 Å². The van der Waals surface area contributed by atoms with Gasteiger partial charge >= 0.3 is 6.18 Å². The fraction of sp³-hybridized carbons (Fsp3) is 0.231. The smallest absolute Gasteiger partial charge is 0.368 e. The molecule has 182 valence electrons. The number of hydrogen-bond acceptors (Lipinski definition) is 3. The van der Waals surface area contributed by atoms with Crippen LogP contribution < -0.4 is 4.90 Å². The van der Waals surface area contributed by atoms with E-state index >= 15 is 0 Å². The zero-order chi connectivity index (χ0) is 25.7. The number of carbonyl (C=O) groups excluding carboxylic acids is 1. The van der Waals surface area contributed by atoms with Crippen LogP contribution in [0.25, 0.3) is 0 Å². The highest BCUT2D eigenvalue weighted by Gasteiger charge is 2.31. The summed E-state index contributed by atoms with van der Waals surface area (Å²) in [5.41, 5.74) is 1.01. The summed E-state index contributed by atoms with van der Waals surface area (Å²) in [5, 5.41) is 0. The van der Waals surface area contributed by atoms with Crippen LogP contribution in [0.15, 0.2) is 96.5 Å². The zero-order valence-corrected chi connectivity index (χ0v) is 20.1. The maximum absolute atomic E-state index is 13.4. The Morgan fingerprint density at radius 3 is 2.09 bits per heavy atom. The molecule has 8 heteroatoms. The lowest BCUT2D eigenvalue weighted by Crippen LogP contribution is -2.49. The predicted molar refractivity (Wildman–Crippen MR) is 136 cm³/mol. The van der Waals surface area contributed by atoms with Gasteiger partial charge in [0.2, 0.25) is 0 Å². The molecule has 1 amide bonds. The normalized spacial score (nSPS) is 16.8. The molecule has 0 spiro atoms. The van der Waals surface area contributed by atoms with Crippen molar-refractivity contribution in [3.63, 3.8) is 0 Å². The van der Waals surface area contributed by atoms with E-state index in [1.807, 2.05) is 4.90 Å². The number of piperazine rings is 1. The molecular formula is C26H29F3N2O2S. The molecule has 1 fully saturated rings. The van der Waals surface area contributed by atoms with E-state index in [9.17, 15) is 22.2 Å². The van der Waals surface area contributed by atoms with Crippen molar-refractivity contribution in [3.8, 4) is 0 Å². The largest absolute Gasteiger partial charge is 0.416 e. The van der Waals surface area contributed by atoms with Gasteiger partial charge in [0.1, 0.15) is 0 Å². The Balaban J connectivity index is 2.21. The molecule has 1 heterocycles. The highest BCUT2D eigenvalue weighted by molar-refractivity contribution is 8.03. The highest BCUT2D eigenvalue weighted by Crippen LogP contribution is 2.31. The first-order valence-corrected chi connectivity index (χ1v) is 12.5. The first-order valence-electron chi connectivity index (χ1n) is 10.4. The second-order valence-corrected chi connectivity index (χ2v) is 10.5. The molecular weight excluding hydrogens is 461 g/mol. The zero-order valence-electron chi connectivity index (χ0n) is 19.2. The van der Waals surface area contributed by atoms with E-state index in [0.29, 0.717) is 43.0 Å². The summed E-state index contributed by atoms with van der Waals surface area (Å²) in [5.74, 6) is 3.29. The van der Waals surface area contributed by atoms with Gasteiger partial charge in [0.25, 0.3) is 5.91 Å². The number of carbonyl (C=O) groups is 1. The van der Waals surface area contributed by atoms with Crippen LogP contribution in [-0.4, -0.2) is 53.3 Å². The van der Waals surface area contributed by atoms with Gasteiger partial charge in [0.15, 0.2) is 0 Å². The van der Waals surface area contributed by atoms with E-state index in [-0.39, 0.29) is 16.4 Å². The monoisotopic (exact) mass is 490 g/mol. The van der Waals surface area contributed by atoms with Crippen molar-refractivity contribution in [2.45, 2.75) is 6.18 Å². The number of allylic oxidation sites excluding steroid dienone is 5. The van der Waals surface area contributed by atoms with Gasteiger partial charge in [-0.2, -0.15) is 13.2 Å². The minimum Gasteiger partial charge on any atom is -0.368 e. The standard InChI is InChI=1S/C26H29F3N2O2S/c1-7-8-9-19(2)21(4)24(18-20(3)34(5,6)33)25(32)31-16-14-30(15-17-31)23-12-10-22(11-13-23)26(27,28)29/h7-13,18H,1-5,14-17H2,6H3/b9-8-,24-18+. The minimum atomic E-state index is -4.39. The SMILES string of the molecule is C=C/C=C\C(=C)C(=C)/C(=C\C(=C)S(=C)(C)=O)C(=O)N1CCN(c2ccc(C(F)(F)F)cc2)CC1. The van der Waals surface area contributed by atoms with Crippen LogP contribution in [0.1, 0.15) is 5.56 Å². The number of anilines is 1. The lowest BCUT2D eigenvalue weighted by molar-refractivity contribution is -0.137. The third kappa shape index (κ3) is 6.87. The van der Waals surface area contributed by atoms with Crippen molar-refractivity contribution < 1.29 is 22.2 Å². The summed E-state index contributed by atoms with van der Waals surface area (Å²) in [4.78, 5) is 17.1. The van der Waals surface area contributed by atoms with E-state index < -0.39 is 21.3 Å². The molecule has 1 atom stereocenters. The third-order valence-corrected chi connectivity index (χ3v) is 6.59. The minimum absolute atomic E-state index is 0.209. The number of halogens is 3. The van der Waals surface area contributed by atoms with Gasteiger partial charge in [0, 0.05) is 48.6 Å². The molecule has 1 aromatic carbocycles. The molecule has 4 nitrogen and oxygen atoms in total. The van der Waals surface area contributed by atoms with Crippen molar-refractivity contribution in [1.82, 2.24) is 4.90 Å². The van der Waals surface area contributed by atoms with Crippen LogP contribution in [-0.2, 0) is 20.5 Å². The summed E-state index contributed by atoms with van der Waals surface area (Å²) < 4.78 is 50.8. The Hall–Kier alpha value is -3.26. The fourth-order valence-electron chi connectivity index (χ4n) is 3.22. The van der Waals surface area contributed by atoms with Crippen molar-refractivity contribution >= 4 is 27.0 Å². The maximum Gasteiger partial charge on any atom is 0.416 e. The second-order valence-electron chi connectivity index (χ2n) is 7.95. The molecule has 1 aromatic rings. The molecule has 2 rings (SSSR count). The number of benzene rings is 1. The van der Waals surface area contributed by atoms with Gasteiger partial charge in [-0.05, 0) is 56.9 Å². The van der Waals surface area contributed by atoms with E-state index in [0.717, 1.165) is 12.1 Å². The molecule has 0 aliphatic carbocycles. The lowest BCUT2D eigenvalue weighted by Gasteiger charge is -2.36. The van der Waals surface area contributed by atoms with E-state index in [2.05, 4.69) is 32.2 Å². The molecule has 1 saturated heterocycles. The topological polar surface area (TPSA) is 40.6 Å². The van der Waals surface area contributed by atoms with Crippen LogP contribution >= 0.6 is 0 Å². The summed E-state index contributed by atoms with van der Waals surface area (Å²) >= 11 is 0. The van der Waals surface area contributed by atoms with Gasteiger partial charge in [-0.15, -0.1) is 0 Å². The van der Waals surface area contributed by atoms with Gasteiger partial charge in [-0.1, -0.05) is 44.5 Å². The fourth-order valence-corrected chi connectivity index (χ4v) is 3.59. The molecule has 1 aliphatic rings. The van der Waals surface area contributed by atoms with Crippen LogP contribution in [0, 0.1) is 0 Å².